The highest BCUT2D eigenvalue weighted by Gasteiger charge is 2.04. The molecule has 1 atom stereocenters. The van der Waals surface area contributed by atoms with Crippen molar-refractivity contribution in [3.63, 3.8) is 0 Å². The standard InChI is InChI=1S/C10H21NO2S/c1-9(2)14(13)8-6-4-5-7-10(12)11-3/h9H,4-8H2,1-3H3,(H,11,12). The molecule has 14 heavy (non-hydrogen) atoms. The Hall–Kier alpha value is -0.380. The fraction of sp³-hybridized carbons (Fsp3) is 0.900. The van der Waals surface area contributed by atoms with Gasteiger partial charge in [0.05, 0.1) is 0 Å². The Balaban J connectivity index is 3.30. The van der Waals surface area contributed by atoms with E-state index < -0.39 is 10.8 Å². The van der Waals surface area contributed by atoms with Crippen LogP contribution in [0.5, 0.6) is 0 Å². The lowest BCUT2D eigenvalue weighted by Gasteiger charge is -2.04. The molecular formula is C10H21NO2S. The molecule has 0 saturated carbocycles. The predicted molar refractivity (Wildman–Crippen MR) is 60.7 cm³/mol. The Morgan fingerprint density at radius 1 is 1.29 bits per heavy atom. The van der Waals surface area contributed by atoms with Crippen LogP contribution < -0.4 is 5.32 Å². The predicted octanol–water partition coefficient (Wildman–Crippen LogP) is 1.45. The van der Waals surface area contributed by atoms with Crippen molar-refractivity contribution in [2.45, 2.75) is 44.8 Å². The molecule has 1 amide bonds. The van der Waals surface area contributed by atoms with E-state index in [0.29, 0.717) is 6.42 Å². The Morgan fingerprint density at radius 2 is 1.93 bits per heavy atom. The highest BCUT2D eigenvalue weighted by Crippen LogP contribution is 2.03. The van der Waals surface area contributed by atoms with Crippen molar-refractivity contribution in [2.75, 3.05) is 12.8 Å². The van der Waals surface area contributed by atoms with Crippen molar-refractivity contribution in [2.24, 2.45) is 0 Å². The smallest absolute Gasteiger partial charge is 0.219 e. The van der Waals surface area contributed by atoms with E-state index in [1.165, 1.54) is 0 Å². The minimum Gasteiger partial charge on any atom is -0.359 e. The van der Waals surface area contributed by atoms with Crippen LogP contribution in [0.2, 0.25) is 0 Å². The van der Waals surface area contributed by atoms with E-state index in [1.54, 1.807) is 7.05 Å². The quantitative estimate of drug-likeness (QED) is 0.659. The molecule has 0 aromatic heterocycles. The van der Waals surface area contributed by atoms with Gasteiger partial charge >= 0.3 is 0 Å². The van der Waals surface area contributed by atoms with Gasteiger partial charge in [-0.05, 0) is 12.8 Å². The first kappa shape index (κ1) is 13.6. The van der Waals surface area contributed by atoms with Crippen LogP contribution >= 0.6 is 0 Å². The first-order chi connectivity index (χ1) is 6.57. The maximum absolute atomic E-state index is 11.3. The lowest BCUT2D eigenvalue weighted by molar-refractivity contribution is -0.120. The van der Waals surface area contributed by atoms with Crippen LogP contribution in [0.4, 0.5) is 0 Å². The molecule has 0 bridgehead atoms. The van der Waals surface area contributed by atoms with Crippen LogP contribution in [0, 0.1) is 0 Å². The zero-order chi connectivity index (χ0) is 11.0. The number of hydrogen-bond donors (Lipinski definition) is 1. The van der Waals surface area contributed by atoms with Crippen molar-refractivity contribution in [3.05, 3.63) is 0 Å². The van der Waals surface area contributed by atoms with Crippen molar-refractivity contribution in [1.29, 1.82) is 0 Å². The molecule has 4 heteroatoms. The second-order valence-corrected chi connectivity index (χ2v) is 5.73. The number of amides is 1. The maximum atomic E-state index is 11.3. The molecular weight excluding hydrogens is 198 g/mol. The highest BCUT2D eigenvalue weighted by atomic mass is 32.2. The number of unbranched alkanes of at least 4 members (excludes halogenated alkanes) is 2. The summed E-state index contributed by atoms with van der Waals surface area (Å²) in [6, 6.07) is 0. The van der Waals surface area contributed by atoms with Gasteiger partial charge in [-0.3, -0.25) is 9.00 Å². The van der Waals surface area contributed by atoms with E-state index in [9.17, 15) is 9.00 Å². The number of carbonyl (C=O) groups excluding carboxylic acids is 1. The molecule has 0 heterocycles. The minimum atomic E-state index is -0.688. The van der Waals surface area contributed by atoms with Gasteiger partial charge in [-0.1, -0.05) is 20.3 Å². The molecule has 3 nitrogen and oxygen atoms in total. The maximum Gasteiger partial charge on any atom is 0.219 e. The fourth-order valence-corrected chi connectivity index (χ4v) is 2.03. The van der Waals surface area contributed by atoms with Gasteiger partial charge in [0, 0.05) is 35.3 Å². The summed E-state index contributed by atoms with van der Waals surface area (Å²) in [5, 5.41) is 2.84. The van der Waals surface area contributed by atoms with Gasteiger partial charge in [-0.15, -0.1) is 0 Å². The minimum absolute atomic E-state index is 0.0926. The molecule has 84 valence electrons. The summed E-state index contributed by atoms with van der Waals surface area (Å²) in [5.41, 5.74) is 0. The molecule has 0 aliphatic carbocycles. The summed E-state index contributed by atoms with van der Waals surface area (Å²) in [4.78, 5) is 10.8. The number of nitrogens with one attached hydrogen (secondary N) is 1. The lowest BCUT2D eigenvalue weighted by Crippen LogP contribution is -2.17. The Labute approximate surface area is 89.1 Å². The molecule has 0 radical (unpaired) electrons. The second kappa shape index (κ2) is 7.97. The van der Waals surface area contributed by atoms with Crippen LogP contribution in [0.1, 0.15) is 39.5 Å². The SMILES string of the molecule is CNC(=O)CCCCCS(=O)C(C)C. The van der Waals surface area contributed by atoms with Gasteiger partial charge in [0.25, 0.3) is 0 Å². The van der Waals surface area contributed by atoms with Crippen molar-refractivity contribution < 1.29 is 9.00 Å². The zero-order valence-electron chi connectivity index (χ0n) is 9.34. The summed E-state index contributed by atoms with van der Waals surface area (Å²) in [6.07, 6.45) is 3.44. The number of hydrogen-bond acceptors (Lipinski definition) is 2. The van der Waals surface area contributed by atoms with Crippen LogP contribution in [0.15, 0.2) is 0 Å². The van der Waals surface area contributed by atoms with Crippen LogP contribution in [0.25, 0.3) is 0 Å². The second-order valence-electron chi connectivity index (χ2n) is 3.62. The third kappa shape index (κ3) is 7.06. The van der Waals surface area contributed by atoms with Gasteiger partial charge in [-0.2, -0.15) is 0 Å². The first-order valence-corrected chi connectivity index (χ1v) is 6.54. The lowest BCUT2D eigenvalue weighted by atomic mass is 10.2. The summed E-state index contributed by atoms with van der Waals surface area (Å²) in [6.45, 7) is 3.95. The normalized spacial score (nSPS) is 12.9. The van der Waals surface area contributed by atoms with E-state index in [0.717, 1.165) is 25.0 Å². The molecule has 1 unspecified atom stereocenters. The van der Waals surface area contributed by atoms with Gasteiger partial charge in [0.1, 0.15) is 0 Å². The van der Waals surface area contributed by atoms with Crippen molar-refractivity contribution >= 4 is 16.7 Å². The van der Waals surface area contributed by atoms with E-state index in [1.807, 2.05) is 13.8 Å². The third-order valence-electron chi connectivity index (χ3n) is 2.05. The molecule has 0 fully saturated rings. The Kier molecular flexibility index (Phi) is 7.76. The molecule has 0 spiro atoms. The van der Waals surface area contributed by atoms with E-state index in [4.69, 9.17) is 0 Å². The highest BCUT2D eigenvalue weighted by molar-refractivity contribution is 7.85. The van der Waals surface area contributed by atoms with E-state index in [2.05, 4.69) is 5.32 Å². The average Bonchev–Trinajstić information content (AvgIpc) is 2.16. The van der Waals surface area contributed by atoms with E-state index in [-0.39, 0.29) is 11.2 Å². The van der Waals surface area contributed by atoms with Crippen molar-refractivity contribution in [1.82, 2.24) is 5.32 Å². The summed E-state index contributed by atoms with van der Waals surface area (Å²) >= 11 is 0. The van der Waals surface area contributed by atoms with Gasteiger partial charge in [-0.25, -0.2) is 0 Å². The van der Waals surface area contributed by atoms with Crippen LogP contribution in [0.3, 0.4) is 0 Å². The Bertz CT molecular complexity index is 193. The first-order valence-electron chi connectivity index (χ1n) is 5.15. The molecule has 0 saturated heterocycles. The summed E-state index contributed by atoms with van der Waals surface area (Å²) in [7, 11) is 0.961. The fourth-order valence-electron chi connectivity index (χ4n) is 1.07. The number of rotatable bonds is 7. The molecule has 0 aliphatic heterocycles. The topological polar surface area (TPSA) is 46.2 Å². The molecule has 0 aliphatic rings. The summed E-state index contributed by atoms with van der Waals surface area (Å²) in [5.74, 6) is 0.862. The largest absolute Gasteiger partial charge is 0.359 e. The molecule has 0 aromatic carbocycles. The molecule has 1 N–H and O–H groups in total. The van der Waals surface area contributed by atoms with Crippen LogP contribution in [-0.4, -0.2) is 28.2 Å². The molecule has 0 aromatic rings. The molecule has 0 rings (SSSR count). The number of carbonyl (C=O) groups is 1. The van der Waals surface area contributed by atoms with Crippen molar-refractivity contribution in [3.8, 4) is 0 Å². The zero-order valence-corrected chi connectivity index (χ0v) is 10.2. The van der Waals surface area contributed by atoms with Crippen LogP contribution in [-0.2, 0) is 15.6 Å². The third-order valence-corrected chi connectivity index (χ3v) is 3.80. The monoisotopic (exact) mass is 219 g/mol. The van der Waals surface area contributed by atoms with Gasteiger partial charge in [0.2, 0.25) is 5.91 Å². The van der Waals surface area contributed by atoms with Gasteiger partial charge in [0.15, 0.2) is 0 Å². The average molecular weight is 219 g/mol. The Morgan fingerprint density at radius 3 is 2.43 bits per heavy atom. The summed E-state index contributed by atoms with van der Waals surface area (Å²) < 4.78 is 11.3. The van der Waals surface area contributed by atoms with E-state index >= 15 is 0 Å². The van der Waals surface area contributed by atoms with Gasteiger partial charge < -0.3 is 5.32 Å².